The fourth-order valence-corrected chi connectivity index (χ4v) is 1.32. The van der Waals surface area contributed by atoms with Crippen molar-refractivity contribution in [2.75, 3.05) is 59.4 Å². The van der Waals surface area contributed by atoms with Crippen LogP contribution in [0.2, 0.25) is 0 Å². The molecule has 5 heteroatoms. The quantitative estimate of drug-likeness (QED) is 0.353. The molecule has 0 atom stereocenters. The number of nitrogens with two attached hydrogens (primary N) is 1. The number of hydrogen-bond acceptors (Lipinski definition) is 5. The molecule has 0 aromatic rings. The van der Waals surface area contributed by atoms with Gasteiger partial charge in [-0.3, -0.25) is 0 Å². The summed E-state index contributed by atoms with van der Waals surface area (Å²) in [4.78, 5) is 0. The van der Waals surface area contributed by atoms with Crippen LogP contribution in [0.25, 0.3) is 0 Å². The zero-order chi connectivity index (χ0) is 14.0. The summed E-state index contributed by atoms with van der Waals surface area (Å²) >= 11 is 0. The van der Waals surface area contributed by atoms with Crippen LogP contribution in [0.5, 0.6) is 0 Å². The Morgan fingerprint density at radius 3 is 1.74 bits per heavy atom. The third-order valence-corrected chi connectivity index (χ3v) is 2.29. The van der Waals surface area contributed by atoms with E-state index < -0.39 is 0 Å². The number of ether oxygens (including phenoxy) is 4. The van der Waals surface area contributed by atoms with Crippen molar-refractivity contribution in [1.29, 1.82) is 0 Å². The molecule has 0 unspecified atom stereocenters. The highest BCUT2D eigenvalue weighted by Gasteiger charge is 1.92. The van der Waals surface area contributed by atoms with Gasteiger partial charge in [-0.2, -0.15) is 0 Å². The van der Waals surface area contributed by atoms with E-state index in [1.807, 2.05) is 0 Å². The van der Waals surface area contributed by atoms with Gasteiger partial charge in [0.1, 0.15) is 6.61 Å². The first-order valence-corrected chi connectivity index (χ1v) is 6.86. The van der Waals surface area contributed by atoms with Gasteiger partial charge >= 0.3 is 0 Å². The zero-order valence-corrected chi connectivity index (χ0v) is 11.8. The van der Waals surface area contributed by atoms with E-state index in [1.54, 1.807) is 0 Å². The molecule has 19 heavy (non-hydrogen) atoms. The molecule has 0 bridgehead atoms. The summed E-state index contributed by atoms with van der Waals surface area (Å²) in [5, 5.41) is 0. The van der Waals surface area contributed by atoms with Crippen LogP contribution in [0.15, 0.2) is 0 Å². The van der Waals surface area contributed by atoms with Crippen molar-refractivity contribution < 1.29 is 18.9 Å². The number of terminal acetylenes is 1. The van der Waals surface area contributed by atoms with Gasteiger partial charge < -0.3 is 24.7 Å². The largest absolute Gasteiger partial charge is 0.379 e. The van der Waals surface area contributed by atoms with Crippen LogP contribution in [0.1, 0.15) is 19.3 Å². The summed E-state index contributed by atoms with van der Waals surface area (Å²) < 4.78 is 21.1. The Hall–Kier alpha value is -0.640. The lowest BCUT2D eigenvalue weighted by Crippen LogP contribution is -2.12. The molecule has 0 aliphatic carbocycles. The first-order chi connectivity index (χ1) is 9.41. The Morgan fingerprint density at radius 2 is 1.21 bits per heavy atom. The van der Waals surface area contributed by atoms with Crippen molar-refractivity contribution in [1.82, 2.24) is 0 Å². The molecule has 0 rings (SSSR count). The smallest absolute Gasteiger partial charge is 0.107 e. The molecule has 0 fully saturated rings. The molecule has 0 saturated heterocycles. The maximum absolute atomic E-state index is 5.41. The van der Waals surface area contributed by atoms with Crippen molar-refractivity contribution in [3.8, 4) is 12.3 Å². The average molecular weight is 273 g/mol. The first kappa shape index (κ1) is 18.4. The summed E-state index contributed by atoms with van der Waals surface area (Å²) in [7, 11) is 0. The monoisotopic (exact) mass is 273 g/mol. The minimum atomic E-state index is 0.336. The third kappa shape index (κ3) is 17.4. The standard InChI is InChI=1S/C14H27NO4/c1-2-7-16-9-11-18-13-14-19-12-10-17-8-5-3-4-6-15/h1H,3-15H2. The van der Waals surface area contributed by atoms with Crippen LogP contribution >= 0.6 is 0 Å². The minimum absolute atomic E-state index is 0.336. The van der Waals surface area contributed by atoms with Crippen LogP contribution in [0.3, 0.4) is 0 Å². The molecule has 0 spiro atoms. The van der Waals surface area contributed by atoms with E-state index in [0.717, 1.165) is 32.4 Å². The fourth-order valence-electron chi connectivity index (χ4n) is 1.32. The summed E-state index contributed by atoms with van der Waals surface area (Å²) in [6.45, 7) is 5.33. The Labute approximate surface area is 116 Å². The van der Waals surface area contributed by atoms with E-state index in [-0.39, 0.29) is 0 Å². The highest BCUT2D eigenvalue weighted by molar-refractivity contribution is 4.82. The maximum atomic E-state index is 5.41. The summed E-state index contributed by atoms with van der Waals surface area (Å²) in [6.07, 6.45) is 8.30. The van der Waals surface area contributed by atoms with Gasteiger partial charge in [0, 0.05) is 6.61 Å². The molecular formula is C14H27NO4. The topological polar surface area (TPSA) is 62.9 Å². The molecule has 0 heterocycles. The molecule has 0 aromatic heterocycles. The van der Waals surface area contributed by atoms with Gasteiger partial charge in [-0.15, -0.1) is 6.42 Å². The van der Waals surface area contributed by atoms with Gasteiger partial charge in [-0.1, -0.05) is 5.92 Å². The van der Waals surface area contributed by atoms with Crippen molar-refractivity contribution >= 4 is 0 Å². The van der Waals surface area contributed by atoms with E-state index in [4.69, 9.17) is 31.1 Å². The van der Waals surface area contributed by atoms with Crippen LogP contribution in [0, 0.1) is 12.3 Å². The average Bonchev–Trinajstić information content (AvgIpc) is 2.43. The van der Waals surface area contributed by atoms with Crippen molar-refractivity contribution in [2.45, 2.75) is 19.3 Å². The Morgan fingerprint density at radius 1 is 0.684 bits per heavy atom. The second kappa shape index (κ2) is 17.4. The maximum Gasteiger partial charge on any atom is 0.107 e. The van der Waals surface area contributed by atoms with Crippen molar-refractivity contribution in [3.63, 3.8) is 0 Å². The third-order valence-electron chi connectivity index (χ3n) is 2.29. The molecular weight excluding hydrogens is 246 g/mol. The lowest BCUT2D eigenvalue weighted by Gasteiger charge is -2.06. The van der Waals surface area contributed by atoms with Gasteiger partial charge in [-0.25, -0.2) is 0 Å². The van der Waals surface area contributed by atoms with Gasteiger partial charge in [0.25, 0.3) is 0 Å². The summed E-state index contributed by atoms with van der Waals surface area (Å²) in [5.41, 5.74) is 5.39. The molecule has 0 amide bonds. The van der Waals surface area contributed by atoms with Gasteiger partial charge in [-0.05, 0) is 25.8 Å². The van der Waals surface area contributed by atoms with Crippen LogP contribution in [-0.2, 0) is 18.9 Å². The molecule has 0 aliphatic heterocycles. The number of rotatable bonds is 15. The molecule has 2 N–H and O–H groups in total. The molecule has 0 saturated carbocycles. The Kier molecular flexibility index (Phi) is 16.8. The predicted octanol–water partition coefficient (Wildman–Crippen LogP) is 0.815. The molecule has 0 aliphatic rings. The number of unbranched alkanes of at least 4 members (excludes halogenated alkanes) is 2. The Bertz CT molecular complexity index is 206. The minimum Gasteiger partial charge on any atom is -0.379 e. The normalized spacial score (nSPS) is 10.5. The highest BCUT2D eigenvalue weighted by Crippen LogP contribution is 1.93. The highest BCUT2D eigenvalue weighted by atomic mass is 16.6. The zero-order valence-electron chi connectivity index (χ0n) is 11.8. The van der Waals surface area contributed by atoms with E-state index in [0.29, 0.717) is 46.2 Å². The number of hydrogen-bond donors (Lipinski definition) is 1. The SMILES string of the molecule is C#CCOCCOCCOCCOCCCCCN. The van der Waals surface area contributed by atoms with Gasteiger partial charge in [0.2, 0.25) is 0 Å². The van der Waals surface area contributed by atoms with E-state index in [1.165, 1.54) is 0 Å². The molecule has 0 radical (unpaired) electrons. The first-order valence-electron chi connectivity index (χ1n) is 6.86. The molecule has 112 valence electrons. The lowest BCUT2D eigenvalue weighted by atomic mass is 10.2. The second-order valence-corrected chi connectivity index (χ2v) is 3.94. The van der Waals surface area contributed by atoms with E-state index in [9.17, 15) is 0 Å². The summed E-state index contributed by atoms with van der Waals surface area (Å²) in [5.74, 6) is 2.39. The van der Waals surface area contributed by atoms with Crippen LogP contribution < -0.4 is 5.73 Å². The molecule has 5 nitrogen and oxygen atoms in total. The molecule has 0 aromatic carbocycles. The lowest BCUT2D eigenvalue weighted by molar-refractivity contribution is 0.000935. The second-order valence-electron chi connectivity index (χ2n) is 3.94. The Balaban J connectivity index is 2.90. The van der Waals surface area contributed by atoms with Crippen molar-refractivity contribution in [3.05, 3.63) is 0 Å². The van der Waals surface area contributed by atoms with Crippen molar-refractivity contribution in [2.24, 2.45) is 5.73 Å². The van der Waals surface area contributed by atoms with E-state index >= 15 is 0 Å². The summed E-state index contributed by atoms with van der Waals surface area (Å²) in [6, 6.07) is 0. The fraction of sp³-hybridized carbons (Fsp3) is 0.857. The predicted molar refractivity (Wildman–Crippen MR) is 75.0 cm³/mol. The van der Waals surface area contributed by atoms with Gasteiger partial charge in [0.15, 0.2) is 0 Å². The van der Waals surface area contributed by atoms with Crippen LogP contribution in [-0.4, -0.2) is 59.4 Å². The van der Waals surface area contributed by atoms with Gasteiger partial charge in [0.05, 0.1) is 39.6 Å². The van der Waals surface area contributed by atoms with Crippen LogP contribution in [0.4, 0.5) is 0 Å². The van der Waals surface area contributed by atoms with E-state index in [2.05, 4.69) is 5.92 Å².